The Kier molecular flexibility index (Phi) is 16.7. The topological polar surface area (TPSA) is 129 Å². The fraction of sp³-hybridized carbons (Fsp3) is 0.273. The van der Waals surface area contributed by atoms with Gasteiger partial charge in [-0.05, 0) is 107 Å². The van der Waals surface area contributed by atoms with Gasteiger partial charge in [-0.3, -0.25) is 19.2 Å². The summed E-state index contributed by atoms with van der Waals surface area (Å²) in [6.45, 7) is 7.89. The summed E-state index contributed by atoms with van der Waals surface area (Å²) in [6.07, 6.45) is 2.26. The second-order valence-electron chi connectivity index (χ2n) is 13.0. The molecule has 0 fully saturated rings. The summed E-state index contributed by atoms with van der Waals surface area (Å²) in [5.41, 5.74) is 4.60. The first kappa shape index (κ1) is 42.3. The van der Waals surface area contributed by atoms with Gasteiger partial charge in [-0.2, -0.15) is 0 Å². The van der Waals surface area contributed by atoms with E-state index in [0.29, 0.717) is 69.5 Å². The lowest BCUT2D eigenvalue weighted by molar-refractivity contribution is -0.121. The highest BCUT2D eigenvalue weighted by atomic mass is 16.5. The second-order valence-corrected chi connectivity index (χ2v) is 13.0. The Balaban J connectivity index is 0.000000290. The molecule has 4 rings (SSSR count). The number of allylic oxidation sites excluding steroid dienone is 2. The lowest BCUT2D eigenvalue weighted by atomic mass is 9.99. The molecular weight excluding hydrogens is 684 g/mol. The molecule has 284 valence electrons. The highest BCUT2D eigenvalue weighted by molar-refractivity contribution is 6.19. The van der Waals surface area contributed by atoms with Gasteiger partial charge in [0, 0.05) is 24.0 Å². The molecule has 0 heterocycles. The highest BCUT2D eigenvalue weighted by Gasteiger charge is 2.17. The zero-order chi connectivity index (χ0) is 39.6. The quantitative estimate of drug-likeness (QED) is 0.0677. The lowest BCUT2D eigenvalue weighted by Crippen LogP contribution is -2.24. The first-order valence-electron chi connectivity index (χ1n) is 17.5. The van der Waals surface area contributed by atoms with E-state index < -0.39 is 0 Å². The first-order valence-corrected chi connectivity index (χ1v) is 17.5. The van der Waals surface area contributed by atoms with E-state index >= 15 is 0 Å². The maximum atomic E-state index is 12.4. The van der Waals surface area contributed by atoms with Crippen molar-refractivity contribution in [2.75, 3.05) is 28.4 Å². The molecule has 54 heavy (non-hydrogen) atoms. The number of carbonyl (C=O) groups is 4. The molecule has 2 N–H and O–H groups in total. The number of hydrogen-bond acceptors (Lipinski definition) is 8. The van der Waals surface area contributed by atoms with Gasteiger partial charge in [0.2, 0.25) is 11.8 Å². The Morgan fingerprint density at radius 2 is 0.704 bits per heavy atom. The first-order chi connectivity index (χ1) is 26.0. The summed E-state index contributed by atoms with van der Waals surface area (Å²) >= 11 is 0. The van der Waals surface area contributed by atoms with Crippen LogP contribution in [0.25, 0.3) is 22.5 Å². The van der Waals surface area contributed by atoms with Gasteiger partial charge in [0.25, 0.3) is 0 Å². The molecule has 10 nitrogen and oxygen atoms in total. The number of benzene rings is 4. The van der Waals surface area contributed by atoms with Crippen molar-refractivity contribution in [3.05, 3.63) is 119 Å². The van der Waals surface area contributed by atoms with Crippen LogP contribution in [-0.2, 0) is 19.2 Å². The smallest absolute Gasteiger partial charge is 0.224 e. The Bertz CT molecular complexity index is 1750. The number of methoxy groups -OCH3 is 4. The van der Waals surface area contributed by atoms with Crippen molar-refractivity contribution in [3.8, 4) is 23.0 Å². The van der Waals surface area contributed by atoms with Crippen LogP contribution in [0.1, 0.15) is 62.8 Å². The second kappa shape index (κ2) is 21.4. The summed E-state index contributed by atoms with van der Waals surface area (Å²) in [5.74, 6) is 2.93. The van der Waals surface area contributed by atoms with Crippen molar-refractivity contribution < 1.29 is 38.1 Å². The van der Waals surface area contributed by atoms with Crippen LogP contribution in [0, 0.1) is 11.8 Å². The molecule has 0 atom stereocenters. The van der Waals surface area contributed by atoms with Crippen molar-refractivity contribution in [2.45, 2.75) is 40.5 Å². The zero-order valence-electron chi connectivity index (χ0n) is 32.2. The SMILES string of the molecule is COc1ccc(/C(C=O)=C(\NC(=O)CC(C)C)c2ccc(OC)cc2)cc1.COc1ccc(/C(C=O)=C(\NC(=O)CC(C)C)c2ccc(OC)cc2)cc1. The molecule has 4 aromatic rings. The van der Waals surface area contributed by atoms with Crippen molar-refractivity contribution in [1.29, 1.82) is 0 Å². The maximum absolute atomic E-state index is 12.4. The molecule has 0 aliphatic carbocycles. The van der Waals surface area contributed by atoms with Crippen LogP contribution in [0.2, 0.25) is 0 Å². The molecule has 0 saturated heterocycles. The molecule has 10 heteroatoms. The highest BCUT2D eigenvalue weighted by Crippen LogP contribution is 2.28. The molecule has 0 radical (unpaired) electrons. The number of rotatable bonds is 16. The van der Waals surface area contributed by atoms with Crippen molar-refractivity contribution in [1.82, 2.24) is 10.6 Å². The monoisotopic (exact) mass is 734 g/mol. The fourth-order valence-electron chi connectivity index (χ4n) is 5.31. The lowest BCUT2D eigenvalue weighted by Gasteiger charge is -2.16. The minimum Gasteiger partial charge on any atom is -0.497 e. The fourth-order valence-corrected chi connectivity index (χ4v) is 5.31. The largest absolute Gasteiger partial charge is 0.497 e. The average Bonchev–Trinajstić information content (AvgIpc) is 3.18. The zero-order valence-corrected chi connectivity index (χ0v) is 32.2. The summed E-state index contributed by atoms with van der Waals surface area (Å²) in [7, 11) is 6.34. The summed E-state index contributed by atoms with van der Waals surface area (Å²) in [4.78, 5) is 48.7. The Morgan fingerprint density at radius 3 is 0.907 bits per heavy atom. The Morgan fingerprint density at radius 1 is 0.463 bits per heavy atom. The van der Waals surface area contributed by atoms with Gasteiger partial charge in [0.05, 0.1) is 39.8 Å². The van der Waals surface area contributed by atoms with E-state index in [2.05, 4.69) is 10.6 Å². The van der Waals surface area contributed by atoms with Crippen molar-refractivity contribution in [3.63, 3.8) is 0 Å². The molecule has 0 aliphatic heterocycles. The third-order valence-corrected chi connectivity index (χ3v) is 8.05. The van der Waals surface area contributed by atoms with E-state index in [1.165, 1.54) is 0 Å². The van der Waals surface area contributed by atoms with Gasteiger partial charge in [-0.15, -0.1) is 0 Å². The van der Waals surface area contributed by atoms with Gasteiger partial charge in [0.1, 0.15) is 23.0 Å². The molecule has 0 spiro atoms. The average molecular weight is 735 g/mol. The van der Waals surface area contributed by atoms with Crippen LogP contribution >= 0.6 is 0 Å². The number of amides is 2. The third kappa shape index (κ3) is 12.5. The van der Waals surface area contributed by atoms with E-state index in [1.807, 2.05) is 52.0 Å². The van der Waals surface area contributed by atoms with Crippen LogP contribution in [-0.4, -0.2) is 52.8 Å². The van der Waals surface area contributed by atoms with Gasteiger partial charge in [-0.1, -0.05) is 52.0 Å². The minimum atomic E-state index is -0.135. The summed E-state index contributed by atoms with van der Waals surface area (Å²) in [6, 6.07) is 28.7. The predicted octanol–water partition coefficient (Wildman–Crippen LogP) is 7.87. The maximum Gasteiger partial charge on any atom is 0.224 e. The molecule has 0 aliphatic rings. The molecular formula is C44H50N2O8. The number of hydrogen-bond donors (Lipinski definition) is 2. The standard InChI is InChI=1S/2C22H25NO4/c2*1-15(2)13-21(25)23-22(17-7-11-19(27-4)12-8-17)20(14-24)16-5-9-18(26-3)10-6-16/h2*5-12,14-15H,13H2,1-4H3,(H,23,25)/b2*22-20-. The molecule has 2 amide bonds. The van der Waals surface area contributed by atoms with E-state index in [-0.39, 0.29) is 23.7 Å². The van der Waals surface area contributed by atoms with Crippen LogP contribution in [0.5, 0.6) is 23.0 Å². The summed E-state index contributed by atoms with van der Waals surface area (Å²) < 4.78 is 20.7. The van der Waals surface area contributed by atoms with Crippen molar-refractivity contribution >= 4 is 46.9 Å². The molecule has 0 bridgehead atoms. The van der Waals surface area contributed by atoms with Crippen LogP contribution in [0.3, 0.4) is 0 Å². The normalized spacial score (nSPS) is 11.6. The third-order valence-electron chi connectivity index (χ3n) is 8.05. The summed E-state index contributed by atoms with van der Waals surface area (Å²) in [5, 5.41) is 5.84. The predicted molar refractivity (Wildman–Crippen MR) is 213 cm³/mol. The van der Waals surface area contributed by atoms with Gasteiger partial charge < -0.3 is 29.6 Å². The van der Waals surface area contributed by atoms with E-state index in [1.54, 1.807) is 101 Å². The van der Waals surface area contributed by atoms with Crippen molar-refractivity contribution in [2.24, 2.45) is 11.8 Å². The van der Waals surface area contributed by atoms with E-state index in [9.17, 15) is 19.2 Å². The number of nitrogens with one attached hydrogen (secondary N) is 2. The molecule has 0 aromatic heterocycles. The van der Waals surface area contributed by atoms with E-state index in [4.69, 9.17) is 18.9 Å². The molecule has 4 aromatic carbocycles. The van der Waals surface area contributed by atoms with Crippen LogP contribution in [0.15, 0.2) is 97.1 Å². The van der Waals surface area contributed by atoms with Gasteiger partial charge in [-0.25, -0.2) is 0 Å². The van der Waals surface area contributed by atoms with Gasteiger partial charge >= 0.3 is 0 Å². The molecule has 0 unspecified atom stereocenters. The number of aldehydes is 2. The minimum absolute atomic E-state index is 0.135. The van der Waals surface area contributed by atoms with Crippen LogP contribution in [0.4, 0.5) is 0 Å². The Labute approximate surface area is 318 Å². The molecule has 0 saturated carbocycles. The van der Waals surface area contributed by atoms with Crippen LogP contribution < -0.4 is 29.6 Å². The number of ether oxygens (including phenoxy) is 4. The van der Waals surface area contributed by atoms with Gasteiger partial charge in [0.15, 0.2) is 12.6 Å². The van der Waals surface area contributed by atoms with E-state index in [0.717, 1.165) is 23.7 Å². The number of carbonyl (C=O) groups excluding carboxylic acids is 4. The Hall–Kier alpha value is -6.16.